The molecule has 0 unspecified atom stereocenters. The van der Waals surface area contributed by atoms with Gasteiger partial charge in [0.15, 0.2) is 0 Å². The number of sulfonamides is 1. The number of carbonyl (C=O) groups excluding carboxylic acids is 2. The van der Waals surface area contributed by atoms with Crippen LogP contribution in [0.3, 0.4) is 0 Å². The van der Waals surface area contributed by atoms with Crippen molar-refractivity contribution in [3.8, 4) is 0 Å². The molecular formula is C9H18N4O6S. The van der Waals surface area contributed by atoms with E-state index in [9.17, 15) is 22.8 Å². The van der Waals surface area contributed by atoms with Gasteiger partial charge in [-0.3, -0.25) is 4.79 Å². The highest BCUT2D eigenvalue weighted by Crippen LogP contribution is 1.91. The van der Waals surface area contributed by atoms with E-state index in [2.05, 4.69) is 15.4 Å². The second kappa shape index (κ2) is 8.32. The summed E-state index contributed by atoms with van der Waals surface area (Å²) in [4.78, 5) is 32.7. The molecule has 0 spiro atoms. The number of carboxylic acid groups (broad SMARTS) is 1. The first kappa shape index (κ1) is 18.1. The molecule has 0 aliphatic rings. The highest BCUT2D eigenvalue weighted by atomic mass is 32.2. The second-order valence-corrected chi connectivity index (χ2v) is 5.81. The zero-order valence-corrected chi connectivity index (χ0v) is 11.7. The summed E-state index contributed by atoms with van der Waals surface area (Å²) in [5, 5.41) is 13.1. The van der Waals surface area contributed by atoms with Gasteiger partial charge in [0.2, 0.25) is 15.9 Å². The Labute approximate surface area is 116 Å². The van der Waals surface area contributed by atoms with Crippen LogP contribution in [0.25, 0.3) is 0 Å². The van der Waals surface area contributed by atoms with Crippen molar-refractivity contribution in [1.82, 2.24) is 15.4 Å². The van der Waals surface area contributed by atoms with Gasteiger partial charge in [-0.25, -0.2) is 22.7 Å². The average Bonchev–Trinajstić information content (AvgIpc) is 2.25. The number of hydrogen-bond acceptors (Lipinski definition) is 5. The zero-order chi connectivity index (χ0) is 15.8. The maximum Gasteiger partial charge on any atom is 0.326 e. The molecule has 0 radical (unpaired) electrons. The molecule has 10 nitrogen and oxygen atoms in total. The summed E-state index contributed by atoms with van der Waals surface area (Å²) in [6.45, 7) is 0.278. The fraction of sp³-hybridized carbons (Fsp3) is 0.667. The van der Waals surface area contributed by atoms with E-state index in [-0.39, 0.29) is 13.1 Å². The Kier molecular flexibility index (Phi) is 7.54. The monoisotopic (exact) mass is 310 g/mol. The van der Waals surface area contributed by atoms with Crippen LogP contribution >= 0.6 is 0 Å². The van der Waals surface area contributed by atoms with Crippen LogP contribution in [-0.2, 0) is 19.6 Å². The fourth-order valence-corrected chi connectivity index (χ4v) is 1.67. The third kappa shape index (κ3) is 10.1. The Morgan fingerprint density at radius 2 is 1.85 bits per heavy atom. The number of nitrogens with two attached hydrogens (primary N) is 1. The molecule has 0 saturated carbocycles. The van der Waals surface area contributed by atoms with Crippen LogP contribution in [0.15, 0.2) is 0 Å². The molecule has 6 N–H and O–H groups in total. The first-order valence-corrected chi connectivity index (χ1v) is 7.51. The molecule has 0 saturated heterocycles. The quantitative estimate of drug-likeness (QED) is 0.296. The summed E-state index contributed by atoms with van der Waals surface area (Å²) in [5.41, 5.74) is 4.85. The highest BCUT2D eigenvalue weighted by Gasteiger charge is 2.21. The van der Waals surface area contributed by atoms with E-state index < -0.39 is 40.4 Å². The van der Waals surface area contributed by atoms with E-state index in [0.717, 1.165) is 6.26 Å². The van der Waals surface area contributed by atoms with Crippen LogP contribution in [0.4, 0.5) is 4.79 Å². The van der Waals surface area contributed by atoms with E-state index >= 15 is 0 Å². The van der Waals surface area contributed by atoms with Crippen LogP contribution in [0.5, 0.6) is 0 Å². The number of amides is 3. The average molecular weight is 310 g/mol. The molecule has 116 valence electrons. The molecule has 11 heteroatoms. The van der Waals surface area contributed by atoms with Crippen molar-refractivity contribution in [3.05, 3.63) is 0 Å². The molecule has 20 heavy (non-hydrogen) atoms. The molecule has 3 amide bonds. The maximum absolute atomic E-state index is 11.3. The zero-order valence-electron chi connectivity index (χ0n) is 10.9. The molecule has 0 aliphatic heterocycles. The van der Waals surface area contributed by atoms with Gasteiger partial charge in [0.05, 0.1) is 12.7 Å². The van der Waals surface area contributed by atoms with Crippen LogP contribution in [-0.4, -0.2) is 56.8 Å². The lowest BCUT2D eigenvalue weighted by molar-refractivity contribution is -0.140. The molecular weight excluding hydrogens is 292 g/mol. The van der Waals surface area contributed by atoms with Gasteiger partial charge in [0.25, 0.3) is 0 Å². The number of hydrogen-bond donors (Lipinski definition) is 5. The SMILES string of the molecule is CS(=O)(=O)NCCCNC(=O)N[C@H](CC(N)=O)C(=O)O. The van der Waals surface area contributed by atoms with Crippen molar-refractivity contribution in [3.63, 3.8) is 0 Å². The van der Waals surface area contributed by atoms with Crippen molar-refractivity contribution >= 4 is 27.9 Å². The lowest BCUT2D eigenvalue weighted by atomic mass is 10.2. The first-order chi connectivity index (χ1) is 9.11. The molecule has 0 aromatic heterocycles. The minimum atomic E-state index is -3.28. The molecule has 0 fully saturated rings. The van der Waals surface area contributed by atoms with Crippen molar-refractivity contribution in [2.75, 3.05) is 19.3 Å². The predicted octanol–water partition coefficient (Wildman–Crippen LogP) is -2.45. The molecule has 0 aromatic carbocycles. The Morgan fingerprint density at radius 1 is 1.25 bits per heavy atom. The summed E-state index contributed by atoms with van der Waals surface area (Å²) in [7, 11) is -3.28. The summed E-state index contributed by atoms with van der Waals surface area (Å²) < 4.78 is 23.7. The van der Waals surface area contributed by atoms with E-state index in [1.807, 2.05) is 0 Å². The molecule has 0 bridgehead atoms. The van der Waals surface area contributed by atoms with Gasteiger partial charge in [-0.15, -0.1) is 0 Å². The fourth-order valence-electron chi connectivity index (χ4n) is 1.16. The van der Waals surface area contributed by atoms with Crippen LogP contribution < -0.4 is 21.1 Å². The predicted molar refractivity (Wildman–Crippen MR) is 69.2 cm³/mol. The number of nitrogens with one attached hydrogen (secondary N) is 3. The number of urea groups is 1. The smallest absolute Gasteiger partial charge is 0.326 e. The Morgan fingerprint density at radius 3 is 2.30 bits per heavy atom. The van der Waals surface area contributed by atoms with Gasteiger partial charge in [0.1, 0.15) is 6.04 Å². The lowest BCUT2D eigenvalue weighted by Crippen LogP contribution is -2.48. The number of primary amides is 1. The molecule has 0 heterocycles. The van der Waals surface area contributed by atoms with Crippen molar-refractivity contribution in [2.24, 2.45) is 5.73 Å². The molecule has 0 aliphatic carbocycles. The maximum atomic E-state index is 11.3. The molecule has 1 atom stereocenters. The van der Waals surface area contributed by atoms with E-state index in [1.165, 1.54) is 0 Å². The van der Waals surface area contributed by atoms with E-state index in [4.69, 9.17) is 10.8 Å². The Hall–Kier alpha value is -1.88. The van der Waals surface area contributed by atoms with E-state index in [1.54, 1.807) is 0 Å². The van der Waals surface area contributed by atoms with Crippen molar-refractivity contribution < 1.29 is 27.9 Å². The summed E-state index contributed by atoms with van der Waals surface area (Å²) in [5.74, 6) is -2.23. The number of rotatable bonds is 9. The third-order valence-electron chi connectivity index (χ3n) is 2.01. The third-order valence-corrected chi connectivity index (χ3v) is 2.74. The minimum Gasteiger partial charge on any atom is -0.480 e. The van der Waals surface area contributed by atoms with E-state index in [0.29, 0.717) is 6.42 Å². The second-order valence-electron chi connectivity index (χ2n) is 3.98. The van der Waals surface area contributed by atoms with Gasteiger partial charge in [-0.05, 0) is 6.42 Å². The van der Waals surface area contributed by atoms with Crippen LogP contribution in [0, 0.1) is 0 Å². The van der Waals surface area contributed by atoms with Crippen LogP contribution in [0.1, 0.15) is 12.8 Å². The molecule has 0 rings (SSSR count). The van der Waals surface area contributed by atoms with Gasteiger partial charge < -0.3 is 21.5 Å². The standard InChI is InChI=1S/C9H18N4O6S/c1-20(18,19)12-4-2-3-11-9(17)13-6(8(15)16)5-7(10)14/h6,12H,2-5H2,1H3,(H2,10,14)(H,15,16)(H2,11,13,17)/t6-/m1/s1. The van der Waals surface area contributed by atoms with Gasteiger partial charge in [-0.2, -0.15) is 0 Å². The van der Waals surface area contributed by atoms with Crippen LogP contribution in [0.2, 0.25) is 0 Å². The normalized spacial score (nSPS) is 12.4. The molecule has 0 aromatic rings. The van der Waals surface area contributed by atoms with Crippen molar-refractivity contribution in [2.45, 2.75) is 18.9 Å². The largest absolute Gasteiger partial charge is 0.480 e. The van der Waals surface area contributed by atoms with Gasteiger partial charge >= 0.3 is 12.0 Å². The number of carboxylic acids is 1. The summed E-state index contributed by atoms with van der Waals surface area (Å²) >= 11 is 0. The van der Waals surface area contributed by atoms with Gasteiger partial charge in [0, 0.05) is 13.1 Å². The summed E-state index contributed by atoms with van der Waals surface area (Å²) in [6.07, 6.45) is 0.820. The lowest BCUT2D eigenvalue weighted by Gasteiger charge is -2.13. The van der Waals surface area contributed by atoms with Gasteiger partial charge in [-0.1, -0.05) is 0 Å². The minimum absolute atomic E-state index is 0.136. The summed E-state index contributed by atoms with van der Waals surface area (Å²) in [6, 6.07) is -2.18. The first-order valence-electron chi connectivity index (χ1n) is 5.62. The van der Waals surface area contributed by atoms with Crippen molar-refractivity contribution in [1.29, 1.82) is 0 Å². The Bertz CT molecular complexity index is 463. The number of carbonyl (C=O) groups is 3. The Balaban J connectivity index is 3.97. The highest BCUT2D eigenvalue weighted by molar-refractivity contribution is 7.88. The number of aliphatic carboxylic acids is 1. The topological polar surface area (TPSA) is 168 Å².